The summed E-state index contributed by atoms with van der Waals surface area (Å²) in [5.74, 6) is 1.52. The van der Waals surface area contributed by atoms with Gasteiger partial charge in [-0.05, 0) is 56.4 Å². The summed E-state index contributed by atoms with van der Waals surface area (Å²) in [6.45, 7) is 2.09. The van der Waals surface area contributed by atoms with E-state index in [0.29, 0.717) is 5.75 Å². The Labute approximate surface area is 201 Å². The first kappa shape index (κ1) is 21.3. The molecular weight excluding hydrogens is 448 g/mol. The van der Waals surface area contributed by atoms with E-state index < -0.39 is 0 Å². The monoisotopic (exact) mass is 474 g/mol. The normalized spacial score (nSPS) is 18.7. The highest BCUT2D eigenvalue weighted by Gasteiger charge is 2.31. The summed E-state index contributed by atoms with van der Waals surface area (Å²) in [6, 6.07) is 11.5. The predicted octanol–water partition coefficient (Wildman–Crippen LogP) is 3.46. The number of benzene rings is 1. The lowest BCUT2D eigenvalue weighted by atomic mass is 10.1. The number of fused-ring (bicyclic) bond motifs is 2. The van der Waals surface area contributed by atoms with Gasteiger partial charge in [-0.3, -0.25) is 14.2 Å². The predicted molar refractivity (Wildman–Crippen MR) is 132 cm³/mol. The summed E-state index contributed by atoms with van der Waals surface area (Å²) < 4.78 is 1.74. The number of rotatable bonds is 5. The molecule has 9 heteroatoms. The van der Waals surface area contributed by atoms with Gasteiger partial charge in [0.1, 0.15) is 0 Å². The molecule has 0 spiro atoms. The highest BCUT2D eigenvalue weighted by molar-refractivity contribution is 7.99. The maximum Gasteiger partial charge on any atom is 0.257 e. The number of carbonyl (C=O) groups excluding carboxylic acids is 1. The molecule has 174 valence electrons. The number of nitrogens with one attached hydrogen (secondary N) is 1. The van der Waals surface area contributed by atoms with Crippen molar-refractivity contribution in [2.45, 2.75) is 49.7 Å². The molecule has 3 aromatic rings. The zero-order valence-electron chi connectivity index (χ0n) is 18.9. The van der Waals surface area contributed by atoms with Crippen molar-refractivity contribution in [3.05, 3.63) is 58.0 Å². The SMILES string of the molecule is O=C(CC1CSc2nc3c(c(=O)n21)CCC3)Nc1ccc(-c2ccc(N3CCCC3)nn2)cc1. The molecule has 8 nitrogen and oxygen atoms in total. The first-order valence-corrected chi connectivity index (χ1v) is 12.9. The molecule has 3 aliphatic rings. The molecule has 0 bridgehead atoms. The molecule has 4 heterocycles. The first-order chi connectivity index (χ1) is 16.7. The second kappa shape index (κ2) is 8.87. The fourth-order valence-corrected chi connectivity index (χ4v) is 6.20. The minimum atomic E-state index is -0.158. The fourth-order valence-electron chi connectivity index (χ4n) is 5.05. The van der Waals surface area contributed by atoms with Crippen LogP contribution in [0.1, 0.15) is 43.0 Å². The van der Waals surface area contributed by atoms with Crippen LogP contribution in [0, 0.1) is 0 Å². The van der Waals surface area contributed by atoms with Crippen LogP contribution in [0.5, 0.6) is 0 Å². The number of amides is 1. The zero-order valence-corrected chi connectivity index (χ0v) is 19.7. The average molecular weight is 475 g/mol. The van der Waals surface area contributed by atoms with E-state index in [9.17, 15) is 9.59 Å². The molecule has 1 amide bonds. The van der Waals surface area contributed by atoms with Crippen molar-refractivity contribution in [1.82, 2.24) is 19.7 Å². The number of nitrogens with zero attached hydrogens (tertiary/aromatic N) is 5. The van der Waals surface area contributed by atoms with Crippen LogP contribution >= 0.6 is 11.8 Å². The lowest BCUT2D eigenvalue weighted by Crippen LogP contribution is -2.30. The summed E-state index contributed by atoms with van der Waals surface area (Å²) in [6.07, 6.45) is 5.33. The summed E-state index contributed by atoms with van der Waals surface area (Å²) in [4.78, 5) is 32.6. The third kappa shape index (κ3) is 3.98. The quantitative estimate of drug-likeness (QED) is 0.566. The van der Waals surface area contributed by atoms with Gasteiger partial charge in [-0.1, -0.05) is 23.9 Å². The lowest BCUT2D eigenvalue weighted by molar-refractivity contribution is -0.116. The third-order valence-corrected chi connectivity index (χ3v) is 7.94. The molecule has 1 fully saturated rings. The molecule has 1 aromatic carbocycles. The number of hydrogen-bond acceptors (Lipinski definition) is 7. The van der Waals surface area contributed by atoms with E-state index in [-0.39, 0.29) is 23.9 Å². The van der Waals surface area contributed by atoms with Crippen molar-refractivity contribution >= 4 is 29.2 Å². The standard InChI is InChI=1S/C25H26N6O2S/c32-23(14-18-15-34-25-27-21-5-3-4-19(21)24(33)31(18)25)26-17-8-6-16(7-9-17)20-10-11-22(29-28-20)30-12-1-2-13-30/h6-11,18H,1-5,12-15H2,(H,26,32). The molecule has 1 aliphatic carbocycles. The molecule has 1 N–H and O–H groups in total. The summed E-state index contributed by atoms with van der Waals surface area (Å²) in [5.41, 5.74) is 4.31. The van der Waals surface area contributed by atoms with E-state index in [0.717, 1.165) is 71.5 Å². The highest BCUT2D eigenvalue weighted by atomic mass is 32.2. The van der Waals surface area contributed by atoms with Crippen molar-refractivity contribution < 1.29 is 4.79 Å². The molecule has 1 saturated heterocycles. The molecule has 6 rings (SSSR count). The van der Waals surface area contributed by atoms with Gasteiger partial charge >= 0.3 is 0 Å². The maximum atomic E-state index is 12.9. The Balaban J connectivity index is 1.11. The number of thioether (sulfide) groups is 1. The van der Waals surface area contributed by atoms with Crippen molar-refractivity contribution in [3.63, 3.8) is 0 Å². The molecule has 34 heavy (non-hydrogen) atoms. The van der Waals surface area contributed by atoms with Crippen LogP contribution in [0.15, 0.2) is 46.3 Å². The van der Waals surface area contributed by atoms with E-state index >= 15 is 0 Å². The second-order valence-corrected chi connectivity index (χ2v) is 10.1. The van der Waals surface area contributed by atoms with E-state index in [2.05, 4.69) is 25.4 Å². The van der Waals surface area contributed by atoms with Gasteiger partial charge in [-0.15, -0.1) is 10.2 Å². The Bertz CT molecular complexity index is 1280. The van der Waals surface area contributed by atoms with Gasteiger partial charge in [0, 0.05) is 42.1 Å². The molecule has 2 aromatic heterocycles. The van der Waals surface area contributed by atoms with Crippen LogP contribution in [-0.2, 0) is 17.6 Å². The van der Waals surface area contributed by atoms with Gasteiger partial charge in [-0.2, -0.15) is 0 Å². The zero-order chi connectivity index (χ0) is 23.1. The lowest BCUT2D eigenvalue weighted by Gasteiger charge is -2.15. The Morgan fingerprint density at radius 3 is 2.62 bits per heavy atom. The van der Waals surface area contributed by atoms with Crippen LogP contribution in [0.4, 0.5) is 11.5 Å². The minimum Gasteiger partial charge on any atom is -0.355 e. The van der Waals surface area contributed by atoms with Crippen LogP contribution < -0.4 is 15.8 Å². The van der Waals surface area contributed by atoms with Crippen LogP contribution in [0.2, 0.25) is 0 Å². The van der Waals surface area contributed by atoms with Gasteiger partial charge in [0.15, 0.2) is 11.0 Å². The van der Waals surface area contributed by atoms with Gasteiger partial charge < -0.3 is 10.2 Å². The summed E-state index contributed by atoms with van der Waals surface area (Å²) >= 11 is 1.57. The van der Waals surface area contributed by atoms with Gasteiger partial charge in [0.05, 0.1) is 17.4 Å². The minimum absolute atomic E-state index is 0.0431. The number of hydrogen-bond donors (Lipinski definition) is 1. The second-order valence-electron chi connectivity index (χ2n) is 9.11. The van der Waals surface area contributed by atoms with Crippen molar-refractivity contribution in [1.29, 1.82) is 0 Å². The summed E-state index contributed by atoms with van der Waals surface area (Å²) in [7, 11) is 0. The molecule has 2 aliphatic heterocycles. The average Bonchev–Trinajstić information content (AvgIpc) is 3.62. The van der Waals surface area contributed by atoms with Crippen LogP contribution in [-0.4, -0.2) is 44.5 Å². The number of carbonyl (C=O) groups is 1. The van der Waals surface area contributed by atoms with E-state index in [1.54, 1.807) is 16.3 Å². The van der Waals surface area contributed by atoms with Crippen molar-refractivity contribution in [3.8, 4) is 11.3 Å². The van der Waals surface area contributed by atoms with Crippen LogP contribution in [0.25, 0.3) is 11.3 Å². The van der Waals surface area contributed by atoms with Gasteiger partial charge in [-0.25, -0.2) is 4.98 Å². The molecule has 0 saturated carbocycles. The maximum absolute atomic E-state index is 12.9. The van der Waals surface area contributed by atoms with E-state index in [1.165, 1.54) is 12.8 Å². The number of anilines is 2. The van der Waals surface area contributed by atoms with Crippen molar-refractivity contribution in [2.75, 3.05) is 29.1 Å². The number of aromatic nitrogens is 4. The van der Waals surface area contributed by atoms with Gasteiger partial charge in [0.2, 0.25) is 5.91 Å². The van der Waals surface area contributed by atoms with Crippen LogP contribution in [0.3, 0.4) is 0 Å². The molecular formula is C25H26N6O2S. The Hall–Kier alpha value is -3.20. The highest BCUT2D eigenvalue weighted by Crippen LogP contribution is 2.34. The molecule has 0 radical (unpaired) electrons. The van der Waals surface area contributed by atoms with Gasteiger partial charge in [0.25, 0.3) is 5.56 Å². The Morgan fingerprint density at radius 1 is 1.03 bits per heavy atom. The van der Waals surface area contributed by atoms with E-state index in [1.807, 2.05) is 36.4 Å². The molecule has 1 unspecified atom stereocenters. The fraction of sp³-hybridized carbons (Fsp3) is 0.400. The topological polar surface area (TPSA) is 93.0 Å². The van der Waals surface area contributed by atoms with Crippen molar-refractivity contribution in [2.24, 2.45) is 0 Å². The smallest absolute Gasteiger partial charge is 0.257 e. The number of aryl methyl sites for hydroxylation is 1. The Morgan fingerprint density at radius 2 is 1.85 bits per heavy atom. The molecule has 1 atom stereocenters. The first-order valence-electron chi connectivity index (χ1n) is 11.9. The largest absolute Gasteiger partial charge is 0.355 e. The third-order valence-electron chi connectivity index (χ3n) is 6.84. The summed E-state index contributed by atoms with van der Waals surface area (Å²) in [5, 5.41) is 12.5. The Kier molecular flexibility index (Phi) is 5.57. The van der Waals surface area contributed by atoms with E-state index in [4.69, 9.17) is 0 Å².